The molecule has 7 heteroatoms. The van der Waals surface area contributed by atoms with E-state index in [1.165, 1.54) is 12.7 Å². The Kier molecular flexibility index (Phi) is 6.87. The number of anilines is 1. The maximum atomic E-state index is 11.6. The number of hydroxylamine groups is 1. The van der Waals surface area contributed by atoms with Crippen LogP contribution in [-0.4, -0.2) is 18.4 Å². The van der Waals surface area contributed by atoms with Crippen LogP contribution in [0.25, 0.3) is 0 Å². The molecule has 0 aliphatic heterocycles. The average Bonchev–Trinajstić information content (AvgIpc) is 2.61. The van der Waals surface area contributed by atoms with Crippen LogP contribution in [0.4, 0.5) is 10.5 Å². The molecule has 0 saturated carbocycles. The zero-order chi connectivity index (χ0) is 18.6. The highest BCUT2D eigenvalue weighted by Gasteiger charge is 2.19. The van der Waals surface area contributed by atoms with E-state index in [2.05, 4.69) is 43.5 Å². The quantitative estimate of drug-likeness (QED) is 0.453. The molecule has 0 spiro atoms. The largest absolute Gasteiger partial charge is 0.488 e. The Morgan fingerprint density at radius 3 is 2.60 bits per heavy atom. The van der Waals surface area contributed by atoms with Gasteiger partial charge in [0.25, 0.3) is 0 Å². The molecule has 2 rings (SSSR count). The lowest BCUT2D eigenvalue weighted by atomic mass is 10.1. The van der Waals surface area contributed by atoms with Crippen molar-refractivity contribution >= 4 is 43.6 Å². The summed E-state index contributed by atoms with van der Waals surface area (Å²) >= 11 is 6.96. The SMILES string of the molecule is CCc1cc(Br)c(OCc2c(Br)cccc2N(O)C(=O)OC)cc1C. The van der Waals surface area contributed by atoms with Gasteiger partial charge in [0.1, 0.15) is 12.4 Å². The first-order chi connectivity index (χ1) is 11.9. The summed E-state index contributed by atoms with van der Waals surface area (Å²) in [5, 5.41) is 10.5. The van der Waals surface area contributed by atoms with Gasteiger partial charge in [-0.25, -0.2) is 4.79 Å². The van der Waals surface area contributed by atoms with E-state index in [9.17, 15) is 10.0 Å². The van der Waals surface area contributed by atoms with Crippen molar-refractivity contribution in [1.82, 2.24) is 0 Å². The number of carbonyl (C=O) groups is 1. The Morgan fingerprint density at radius 1 is 1.24 bits per heavy atom. The minimum atomic E-state index is -0.872. The minimum absolute atomic E-state index is 0.161. The molecular weight excluding hydrogens is 454 g/mol. The van der Waals surface area contributed by atoms with E-state index in [1.54, 1.807) is 12.1 Å². The van der Waals surface area contributed by atoms with E-state index in [0.717, 1.165) is 16.5 Å². The summed E-state index contributed by atoms with van der Waals surface area (Å²) in [6.07, 6.45) is 0.0706. The Labute approximate surface area is 163 Å². The molecule has 5 nitrogen and oxygen atoms in total. The predicted molar refractivity (Wildman–Crippen MR) is 103 cm³/mol. The molecule has 0 aliphatic carbocycles. The zero-order valence-electron chi connectivity index (χ0n) is 14.2. The van der Waals surface area contributed by atoms with Gasteiger partial charge in [0.2, 0.25) is 0 Å². The van der Waals surface area contributed by atoms with Crippen LogP contribution in [0.3, 0.4) is 0 Å². The normalized spacial score (nSPS) is 10.5. The fourth-order valence-electron chi connectivity index (χ4n) is 2.41. The number of rotatable bonds is 5. The maximum absolute atomic E-state index is 11.6. The summed E-state index contributed by atoms with van der Waals surface area (Å²) < 4.78 is 12.1. The molecule has 0 aromatic heterocycles. The third-order valence-electron chi connectivity index (χ3n) is 3.81. The molecule has 0 bridgehead atoms. The second-order valence-corrected chi connectivity index (χ2v) is 7.08. The number of carbonyl (C=O) groups excluding carboxylic acids is 1. The second-order valence-electron chi connectivity index (χ2n) is 5.37. The van der Waals surface area contributed by atoms with Crippen LogP contribution >= 0.6 is 31.9 Å². The monoisotopic (exact) mass is 471 g/mol. The van der Waals surface area contributed by atoms with Crippen LogP contribution in [0.2, 0.25) is 0 Å². The summed E-state index contributed by atoms with van der Waals surface area (Å²) in [7, 11) is 1.20. The third-order valence-corrected chi connectivity index (χ3v) is 5.18. The lowest BCUT2D eigenvalue weighted by Crippen LogP contribution is -2.28. The number of hydrogen-bond donors (Lipinski definition) is 1. The fraction of sp³-hybridized carbons (Fsp3) is 0.278. The Morgan fingerprint density at radius 2 is 1.96 bits per heavy atom. The second kappa shape index (κ2) is 8.69. The first-order valence-electron chi connectivity index (χ1n) is 7.65. The van der Waals surface area contributed by atoms with Gasteiger partial charge in [0.05, 0.1) is 17.3 Å². The van der Waals surface area contributed by atoms with Crippen molar-refractivity contribution in [2.45, 2.75) is 26.9 Å². The lowest BCUT2D eigenvalue weighted by Gasteiger charge is -2.19. The number of ether oxygens (including phenoxy) is 2. The molecule has 0 atom stereocenters. The smallest absolute Gasteiger partial charge is 0.438 e. The highest BCUT2D eigenvalue weighted by Crippen LogP contribution is 2.33. The van der Waals surface area contributed by atoms with Gasteiger partial charge in [-0.3, -0.25) is 5.21 Å². The molecule has 0 radical (unpaired) electrons. The van der Waals surface area contributed by atoms with Gasteiger partial charge in [-0.05, 0) is 64.7 Å². The summed E-state index contributed by atoms with van der Waals surface area (Å²) in [6, 6.07) is 9.15. The highest BCUT2D eigenvalue weighted by molar-refractivity contribution is 9.10. The fourth-order valence-corrected chi connectivity index (χ4v) is 3.39. The molecule has 2 aromatic rings. The number of benzene rings is 2. The standard InChI is InChI=1S/C18H19Br2NO4/c1-4-12-9-15(20)17(8-11(12)2)25-10-13-14(19)6-5-7-16(13)21(23)18(22)24-3/h5-9,23H,4,10H2,1-3H3. The Balaban J connectivity index is 2.30. The molecule has 0 saturated heterocycles. The number of aryl methyl sites for hydroxylation is 2. The van der Waals surface area contributed by atoms with E-state index in [0.29, 0.717) is 26.5 Å². The Bertz CT molecular complexity index is 780. The van der Waals surface area contributed by atoms with Crippen molar-refractivity contribution in [3.8, 4) is 5.75 Å². The molecule has 1 N–H and O–H groups in total. The molecule has 0 unspecified atom stereocenters. The molecule has 1 amide bonds. The van der Waals surface area contributed by atoms with Gasteiger partial charge in [0.15, 0.2) is 0 Å². The maximum Gasteiger partial charge on any atom is 0.438 e. The van der Waals surface area contributed by atoms with Crippen LogP contribution in [0, 0.1) is 6.92 Å². The van der Waals surface area contributed by atoms with Crippen LogP contribution in [0.5, 0.6) is 5.75 Å². The molecule has 0 aliphatic rings. The molecular formula is C18H19Br2NO4. The number of hydrogen-bond acceptors (Lipinski definition) is 4. The lowest BCUT2D eigenvalue weighted by molar-refractivity contribution is 0.140. The molecule has 0 fully saturated rings. The highest BCUT2D eigenvalue weighted by atomic mass is 79.9. The first kappa shape index (κ1) is 19.8. The number of nitrogens with zero attached hydrogens (tertiary/aromatic N) is 1. The van der Waals surface area contributed by atoms with Gasteiger partial charge in [-0.15, -0.1) is 0 Å². The molecule has 134 valence electrons. The average molecular weight is 473 g/mol. The van der Waals surface area contributed by atoms with Crippen molar-refractivity contribution in [2.75, 3.05) is 12.2 Å². The molecule has 0 heterocycles. The summed E-state index contributed by atoms with van der Waals surface area (Å²) in [4.78, 5) is 11.6. The van der Waals surface area contributed by atoms with Crippen molar-refractivity contribution in [3.63, 3.8) is 0 Å². The van der Waals surface area contributed by atoms with Crippen molar-refractivity contribution in [1.29, 1.82) is 0 Å². The van der Waals surface area contributed by atoms with E-state index in [1.807, 2.05) is 25.1 Å². The summed E-state index contributed by atoms with van der Waals surface area (Å²) in [5.41, 5.74) is 3.30. The van der Waals surface area contributed by atoms with Crippen molar-refractivity contribution < 1.29 is 19.5 Å². The van der Waals surface area contributed by atoms with Gasteiger partial charge in [0, 0.05) is 10.0 Å². The third kappa shape index (κ3) is 4.54. The van der Waals surface area contributed by atoms with Gasteiger partial charge >= 0.3 is 6.09 Å². The van der Waals surface area contributed by atoms with E-state index >= 15 is 0 Å². The number of amides is 1. The predicted octanol–water partition coefficient (Wildman–Crippen LogP) is 5.62. The number of methoxy groups -OCH3 is 1. The van der Waals surface area contributed by atoms with Crippen molar-refractivity contribution in [3.05, 3.63) is 56.0 Å². The molecule has 2 aromatic carbocycles. The van der Waals surface area contributed by atoms with Crippen LogP contribution in [0.1, 0.15) is 23.6 Å². The minimum Gasteiger partial charge on any atom is -0.488 e. The van der Waals surface area contributed by atoms with Gasteiger partial charge < -0.3 is 9.47 Å². The van der Waals surface area contributed by atoms with Crippen LogP contribution in [-0.2, 0) is 17.8 Å². The topological polar surface area (TPSA) is 59.0 Å². The van der Waals surface area contributed by atoms with E-state index < -0.39 is 6.09 Å². The zero-order valence-corrected chi connectivity index (χ0v) is 17.3. The first-order valence-corrected chi connectivity index (χ1v) is 9.23. The van der Waals surface area contributed by atoms with Crippen molar-refractivity contribution in [2.24, 2.45) is 0 Å². The van der Waals surface area contributed by atoms with Gasteiger partial charge in [-0.1, -0.05) is 28.9 Å². The summed E-state index contributed by atoms with van der Waals surface area (Å²) in [5.74, 6) is 0.693. The van der Waals surface area contributed by atoms with E-state index in [-0.39, 0.29) is 6.61 Å². The molecule has 25 heavy (non-hydrogen) atoms. The van der Waals surface area contributed by atoms with Crippen LogP contribution < -0.4 is 9.80 Å². The van der Waals surface area contributed by atoms with E-state index in [4.69, 9.17) is 4.74 Å². The Hall–Kier alpha value is -1.57. The van der Waals surface area contributed by atoms with Gasteiger partial charge in [-0.2, -0.15) is 5.06 Å². The summed E-state index contributed by atoms with van der Waals surface area (Å²) in [6.45, 7) is 4.30. The van der Waals surface area contributed by atoms with Crippen LogP contribution in [0.15, 0.2) is 39.3 Å². The number of halogens is 2.